The van der Waals surface area contributed by atoms with Crippen LogP contribution in [-0.4, -0.2) is 28.0 Å². The fourth-order valence-electron chi connectivity index (χ4n) is 1.26. The van der Waals surface area contributed by atoms with Crippen molar-refractivity contribution in [3.8, 4) is 0 Å². The fourth-order valence-corrected chi connectivity index (χ4v) is 1.80. The number of aliphatic hydroxyl groups is 3. The Balaban J connectivity index is 2.85. The average Bonchev–Trinajstić information content (AvgIpc) is 2.15. The van der Waals surface area contributed by atoms with Crippen LogP contribution in [0.4, 0.5) is 0 Å². The van der Waals surface area contributed by atoms with Gasteiger partial charge < -0.3 is 15.3 Å². The van der Waals surface area contributed by atoms with Crippen LogP contribution in [0.1, 0.15) is 18.1 Å². The Labute approximate surface area is 97.9 Å². The Morgan fingerprint density at radius 2 is 1.60 bits per heavy atom. The minimum atomic E-state index is -1.09. The van der Waals surface area contributed by atoms with Crippen molar-refractivity contribution in [3.63, 3.8) is 0 Å². The number of hydrogen-bond donors (Lipinski definition) is 3. The highest BCUT2D eigenvalue weighted by Crippen LogP contribution is 2.26. The SMILES string of the molecule is OCCC(O)C(O)c1cc(Cl)cc(Cl)c1. The van der Waals surface area contributed by atoms with Crippen LogP contribution in [0.15, 0.2) is 18.2 Å². The van der Waals surface area contributed by atoms with Crippen molar-refractivity contribution in [3.05, 3.63) is 33.8 Å². The van der Waals surface area contributed by atoms with Crippen LogP contribution in [0.5, 0.6) is 0 Å². The number of aliphatic hydroxyl groups excluding tert-OH is 3. The first-order valence-electron chi connectivity index (χ1n) is 4.47. The molecule has 0 heterocycles. The summed E-state index contributed by atoms with van der Waals surface area (Å²) in [4.78, 5) is 0. The minimum Gasteiger partial charge on any atom is -0.396 e. The first-order chi connectivity index (χ1) is 7.04. The van der Waals surface area contributed by atoms with E-state index >= 15 is 0 Å². The lowest BCUT2D eigenvalue weighted by Crippen LogP contribution is -2.19. The van der Waals surface area contributed by atoms with Gasteiger partial charge in [0.25, 0.3) is 0 Å². The summed E-state index contributed by atoms with van der Waals surface area (Å²) in [7, 11) is 0. The second-order valence-electron chi connectivity index (χ2n) is 3.23. The molecule has 0 amide bonds. The Bertz CT molecular complexity index is 310. The summed E-state index contributed by atoms with van der Waals surface area (Å²) in [6.45, 7) is -0.188. The minimum absolute atomic E-state index is 0.102. The molecule has 0 fully saturated rings. The molecule has 0 aromatic heterocycles. The smallest absolute Gasteiger partial charge is 0.105 e. The third kappa shape index (κ3) is 3.63. The molecule has 2 unspecified atom stereocenters. The zero-order valence-electron chi connectivity index (χ0n) is 7.90. The first-order valence-corrected chi connectivity index (χ1v) is 5.23. The molecular weight excluding hydrogens is 239 g/mol. The quantitative estimate of drug-likeness (QED) is 0.764. The van der Waals surface area contributed by atoms with Gasteiger partial charge in [0.05, 0.1) is 6.10 Å². The zero-order chi connectivity index (χ0) is 11.4. The molecule has 0 saturated carbocycles. The summed E-state index contributed by atoms with van der Waals surface area (Å²) in [5.41, 5.74) is 0.438. The van der Waals surface area contributed by atoms with Crippen LogP contribution in [-0.2, 0) is 0 Å². The molecule has 0 spiro atoms. The van der Waals surface area contributed by atoms with Crippen molar-refractivity contribution < 1.29 is 15.3 Å². The molecular formula is C10H12Cl2O3. The van der Waals surface area contributed by atoms with Crippen LogP contribution in [0, 0.1) is 0 Å². The zero-order valence-corrected chi connectivity index (χ0v) is 9.41. The predicted molar refractivity (Wildman–Crippen MR) is 59.1 cm³/mol. The maximum absolute atomic E-state index is 9.69. The Morgan fingerprint density at radius 1 is 1.07 bits per heavy atom. The van der Waals surface area contributed by atoms with E-state index < -0.39 is 12.2 Å². The third-order valence-electron chi connectivity index (χ3n) is 2.02. The van der Waals surface area contributed by atoms with E-state index in [2.05, 4.69) is 0 Å². The van der Waals surface area contributed by atoms with Gasteiger partial charge in [-0.15, -0.1) is 0 Å². The molecule has 0 aliphatic rings. The molecule has 3 nitrogen and oxygen atoms in total. The summed E-state index contributed by atoms with van der Waals surface area (Å²) < 4.78 is 0. The summed E-state index contributed by atoms with van der Waals surface area (Å²) in [5.74, 6) is 0. The molecule has 15 heavy (non-hydrogen) atoms. The molecule has 0 aliphatic carbocycles. The first kappa shape index (κ1) is 12.7. The van der Waals surface area contributed by atoms with Crippen LogP contribution in [0.25, 0.3) is 0 Å². The number of benzene rings is 1. The van der Waals surface area contributed by atoms with Gasteiger partial charge in [-0.2, -0.15) is 0 Å². The maximum Gasteiger partial charge on any atom is 0.105 e. The predicted octanol–water partition coefficient (Wildman–Crippen LogP) is 1.77. The van der Waals surface area contributed by atoms with Gasteiger partial charge in [0, 0.05) is 16.7 Å². The van der Waals surface area contributed by atoms with Crippen molar-refractivity contribution in [2.75, 3.05) is 6.61 Å². The highest BCUT2D eigenvalue weighted by Gasteiger charge is 2.18. The van der Waals surface area contributed by atoms with Gasteiger partial charge in [-0.05, 0) is 30.2 Å². The van der Waals surface area contributed by atoms with Crippen LogP contribution < -0.4 is 0 Å². The lowest BCUT2D eigenvalue weighted by atomic mass is 10.0. The van der Waals surface area contributed by atoms with Crippen LogP contribution >= 0.6 is 23.2 Å². The standard InChI is InChI=1S/C10H12Cl2O3/c11-7-3-6(4-8(12)5-7)10(15)9(14)1-2-13/h3-5,9-10,13-15H,1-2H2. The molecule has 0 saturated heterocycles. The number of halogens is 2. The Morgan fingerprint density at radius 3 is 2.07 bits per heavy atom. The van der Waals surface area contributed by atoms with Gasteiger partial charge >= 0.3 is 0 Å². The molecule has 2 atom stereocenters. The summed E-state index contributed by atoms with van der Waals surface area (Å²) in [5, 5.41) is 28.6. The Kier molecular flexibility index (Phi) is 4.83. The summed E-state index contributed by atoms with van der Waals surface area (Å²) in [6, 6.07) is 4.59. The van der Waals surface area contributed by atoms with E-state index in [4.69, 9.17) is 28.3 Å². The van der Waals surface area contributed by atoms with E-state index in [0.29, 0.717) is 15.6 Å². The second kappa shape index (κ2) is 5.68. The van der Waals surface area contributed by atoms with Crippen LogP contribution in [0.3, 0.4) is 0 Å². The lowest BCUT2D eigenvalue weighted by molar-refractivity contribution is 0.00423. The molecule has 1 aromatic rings. The molecule has 84 valence electrons. The van der Waals surface area contributed by atoms with Gasteiger partial charge in [-0.3, -0.25) is 0 Å². The maximum atomic E-state index is 9.69. The van der Waals surface area contributed by atoms with Gasteiger partial charge in [-0.1, -0.05) is 23.2 Å². The summed E-state index contributed by atoms with van der Waals surface area (Å²) in [6.07, 6.45) is -2.01. The van der Waals surface area contributed by atoms with Gasteiger partial charge in [0.2, 0.25) is 0 Å². The topological polar surface area (TPSA) is 60.7 Å². The highest BCUT2D eigenvalue weighted by atomic mass is 35.5. The normalized spacial score (nSPS) is 15.0. The average molecular weight is 251 g/mol. The monoisotopic (exact) mass is 250 g/mol. The van der Waals surface area contributed by atoms with E-state index in [1.54, 1.807) is 0 Å². The van der Waals surface area contributed by atoms with Crippen molar-refractivity contribution in [2.45, 2.75) is 18.6 Å². The summed E-state index contributed by atoms with van der Waals surface area (Å²) >= 11 is 11.5. The second-order valence-corrected chi connectivity index (χ2v) is 4.10. The van der Waals surface area contributed by atoms with Crippen molar-refractivity contribution in [1.29, 1.82) is 0 Å². The van der Waals surface area contributed by atoms with Crippen molar-refractivity contribution in [2.24, 2.45) is 0 Å². The number of hydrogen-bond acceptors (Lipinski definition) is 3. The largest absolute Gasteiger partial charge is 0.396 e. The number of rotatable bonds is 4. The van der Waals surface area contributed by atoms with E-state index in [-0.39, 0.29) is 13.0 Å². The van der Waals surface area contributed by atoms with Gasteiger partial charge in [-0.25, -0.2) is 0 Å². The molecule has 1 rings (SSSR count). The van der Waals surface area contributed by atoms with E-state index in [0.717, 1.165) is 0 Å². The van der Waals surface area contributed by atoms with E-state index in [1.165, 1.54) is 18.2 Å². The third-order valence-corrected chi connectivity index (χ3v) is 2.45. The van der Waals surface area contributed by atoms with Crippen molar-refractivity contribution >= 4 is 23.2 Å². The van der Waals surface area contributed by atoms with E-state index in [1.807, 2.05) is 0 Å². The molecule has 0 bridgehead atoms. The van der Waals surface area contributed by atoms with Crippen molar-refractivity contribution in [1.82, 2.24) is 0 Å². The molecule has 0 aliphatic heterocycles. The van der Waals surface area contributed by atoms with E-state index in [9.17, 15) is 10.2 Å². The van der Waals surface area contributed by atoms with Gasteiger partial charge in [0.15, 0.2) is 0 Å². The molecule has 0 radical (unpaired) electrons. The van der Waals surface area contributed by atoms with Gasteiger partial charge in [0.1, 0.15) is 6.10 Å². The highest BCUT2D eigenvalue weighted by molar-refractivity contribution is 6.34. The Hall–Kier alpha value is -0.320. The fraction of sp³-hybridized carbons (Fsp3) is 0.400. The molecule has 3 N–H and O–H groups in total. The lowest BCUT2D eigenvalue weighted by Gasteiger charge is -2.17. The van der Waals surface area contributed by atoms with Crippen LogP contribution in [0.2, 0.25) is 10.0 Å². The molecule has 5 heteroatoms. The molecule has 1 aromatic carbocycles.